The third-order valence-electron chi connectivity index (χ3n) is 4.24. The highest BCUT2D eigenvalue weighted by Crippen LogP contribution is 2.25. The maximum Gasteiger partial charge on any atom is 0.121 e. The molecule has 2 heterocycles. The number of anilines is 2. The number of hydrogen-bond donors (Lipinski definition) is 2. The van der Waals surface area contributed by atoms with E-state index in [-0.39, 0.29) is 6.10 Å². The molecule has 20 heavy (non-hydrogen) atoms. The van der Waals surface area contributed by atoms with Gasteiger partial charge in [-0.15, -0.1) is 0 Å². The Morgan fingerprint density at radius 3 is 3.20 bits per heavy atom. The molecule has 1 aromatic carbocycles. The zero-order valence-corrected chi connectivity index (χ0v) is 12.0. The first kappa shape index (κ1) is 13.5. The summed E-state index contributed by atoms with van der Waals surface area (Å²) in [6, 6.07) is 6.35. The summed E-state index contributed by atoms with van der Waals surface area (Å²) in [5.74, 6) is 0.780. The summed E-state index contributed by atoms with van der Waals surface area (Å²) in [5, 5.41) is 3.38. The smallest absolute Gasteiger partial charge is 0.121 e. The topological polar surface area (TPSA) is 59.8 Å². The van der Waals surface area contributed by atoms with E-state index in [4.69, 9.17) is 15.2 Å². The van der Waals surface area contributed by atoms with Crippen molar-refractivity contribution in [2.45, 2.75) is 25.0 Å². The van der Waals surface area contributed by atoms with Gasteiger partial charge in [0.25, 0.3) is 0 Å². The Hall–Kier alpha value is -1.46. The number of methoxy groups -OCH3 is 1. The molecule has 0 spiro atoms. The second kappa shape index (κ2) is 5.89. The molecule has 2 aliphatic heterocycles. The van der Waals surface area contributed by atoms with E-state index in [0.717, 1.165) is 31.1 Å². The monoisotopic (exact) mass is 277 g/mol. The van der Waals surface area contributed by atoms with Gasteiger partial charge in [0.2, 0.25) is 0 Å². The largest absolute Gasteiger partial charge is 0.497 e. The van der Waals surface area contributed by atoms with E-state index in [2.05, 4.69) is 10.2 Å². The number of benzene rings is 1. The van der Waals surface area contributed by atoms with Crippen molar-refractivity contribution in [2.75, 3.05) is 44.4 Å². The summed E-state index contributed by atoms with van der Waals surface area (Å²) >= 11 is 0. The third-order valence-corrected chi connectivity index (χ3v) is 4.24. The SMILES string of the molecule is COc1ccc(NCC2CN3CCCC3CO2)c(N)c1. The normalized spacial score (nSPS) is 26.2. The summed E-state index contributed by atoms with van der Waals surface area (Å²) in [6.45, 7) is 3.90. The molecule has 2 unspecified atom stereocenters. The number of fused-ring (bicyclic) bond motifs is 1. The molecule has 5 nitrogen and oxygen atoms in total. The molecule has 0 aliphatic carbocycles. The van der Waals surface area contributed by atoms with E-state index in [1.807, 2.05) is 18.2 Å². The van der Waals surface area contributed by atoms with E-state index >= 15 is 0 Å². The standard InChI is InChI=1S/C15H23N3O2/c1-19-12-4-5-15(14(16)7-12)17-8-13-9-18-6-2-3-11(18)10-20-13/h4-5,7,11,13,17H,2-3,6,8-10,16H2,1H3. The Morgan fingerprint density at radius 1 is 1.50 bits per heavy atom. The molecular weight excluding hydrogens is 254 g/mol. The zero-order valence-electron chi connectivity index (χ0n) is 12.0. The number of hydrogen-bond acceptors (Lipinski definition) is 5. The molecule has 0 saturated carbocycles. The lowest BCUT2D eigenvalue weighted by Crippen LogP contribution is -2.48. The number of ether oxygens (including phenoxy) is 2. The van der Waals surface area contributed by atoms with Crippen molar-refractivity contribution in [3.05, 3.63) is 18.2 Å². The molecule has 0 radical (unpaired) electrons. The van der Waals surface area contributed by atoms with Crippen molar-refractivity contribution in [1.82, 2.24) is 4.90 Å². The van der Waals surface area contributed by atoms with Crippen LogP contribution in [0, 0.1) is 0 Å². The maximum atomic E-state index is 6.00. The van der Waals surface area contributed by atoms with E-state index in [1.54, 1.807) is 7.11 Å². The number of morpholine rings is 1. The van der Waals surface area contributed by atoms with Crippen molar-refractivity contribution in [1.29, 1.82) is 0 Å². The minimum atomic E-state index is 0.242. The number of rotatable bonds is 4. The number of nitrogens with zero attached hydrogens (tertiary/aromatic N) is 1. The van der Waals surface area contributed by atoms with E-state index < -0.39 is 0 Å². The van der Waals surface area contributed by atoms with Crippen LogP contribution in [0.1, 0.15) is 12.8 Å². The van der Waals surface area contributed by atoms with Crippen molar-refractivity contribution < 1.29 is 9.47 Å². The van der Waals surface area contributed by atoms with Gasteiger partial charge < -0.3 is 20.5 Å². The van der Waals surface area contributed by atoms with Crippen molar-refractivity contribution in [2.24, 2.45) is 0 Å². The molecule has 5 heteroatoms. The van der Waals surface area contributed by atoms with Crippen LogP contribution in [0.2, 0.25) is 0 Å². The molecule has 3 rings (SSSR count). The van der Waals surface area contributed by atoms with Gasteiger partial charge in [-0.2, -0.15) is 0 Å². The lowest BCUT2D eigenvalue weighted by atomic mass is 10.2. The molecule has 3 N–H and O–H groups in total. The molecular formula is C15H23N3O2. The van der Waals surface area contributed by atoms with Gasteiger partial charge in [-0.3, -0.25) is 4.90 Å². The van der Waals surface area contributed by atoms with Gasteiger partial charge in [0, 0.05) is 25.2 Å². The molecule has 0 bridgehead atoms. The first-order chi connectivity index (χ1) is 9.76. The van der Waals surface area contributed by atoms with Gasteiger partial charge >= 0.3 is 0 Å². The summed E-state index contributed by atoms with van der Waals surface area (Å²) < 4.78 is 11.1. The van der Waals surface area contributed by atoms with Gasteiger partial charge in [0.05, 0.1) is 31.2 Å². The number of nitrogens with one attached hydrogen (secondary N) is 1. The number of nitrogen functional groups attached to an aromatic ring is 1. The predicted octanol–water partition coefficient (Wildman–Crippen LogP) is 1.55. The summed E-state index contributed by atoms with van der Waals surface area (Å²) in [5.41, 5.74) is 7.65. The van der Waals surface area contributed by atoms with Crippen LogP contribution in [0.4, 0.5) is 11.4 Å². The highest BCUT2D eigenvalue weighted by molar-refractivity contribution is 5.68. The van der Waals surface area contributed by atoms with Crippen LogP contribution in [0.5, 0.6) is 5.75 Å². The summed E-state index contributed by atoms with van der Waals surface area (Å²) in [7, 11) is 1.64. The van der Waals surface area contributed by atoms with Gasteiger partial charge in [-0.1, -0.05) is 0 Å². The highest BCUT2D eigenvalue weighted by Gasteiger charge is 2.31. The van der Waals surface area contributed by atoms with Crippen LogP contribution < -0.4 is 15.8 Å². The highest BCUT2D eigenvalue weighted by atomic mass is 16.5. The second-order valence-corrected chi connectivity index (χ2v) is 5.58. The lowest BCUT2D eigenvalue weighted by molar-refractivity contribution is -0.0415. The predicted molar refractivity (Wildman–Crippen MR) is 80.2 cm³/mol. The van der Waals surface area contributed by atoms with Crippen molar-refractivity contribution in [3.8, 4) is 5.75 Å². The first-order valence-electron chi connectivity index (χ1n) is 7.29. The Balaban J connectivity index is 1.54. The van der Waals surface area contributed by atoms with Gasteiger partial charge in [-0.05, 0) is 31.5 Å². The Labute approximate surface area is 120 Å². The average molecular weight is 277 g/mol. The summed E-state index contributed by atoms with van der Waals surface area (Å²) in [4.78, 5) is 2.55. The molecule has 2 fully saturated rings. The Morgan fingerprint density at radius 2 is 2.40 bits per heavy atom. The van der Waals surface area contributed by atoms with Gasteiger partial charge in [-0.25, -0.2) is 0 Å². The lowest BCUT2D eigenvalue weighted by Gasteiger charge is -2.35. The van der Waals surface area contributed by atoms with E-state index in [9.17, 15) is 0 Å². The van der Waals surface area contributed by atoms with E-state index in [0.29, 0.717) is 11.7 Å². The Bertz CT molecular complexity index is 466. The second-order valence-electron chi connectivity index (χ2n) is 5.58. The Kier molecular flexibility index (Phi) is 3.98. The molecule has 2 saturated heterocycles. The fourth-order valence-corrected chi connectivity index (χ4v) is 3.06. The minimum Gasteiger partial charge on any atom is -0.497 e. The van der Waals surface area contributed by atoms with Crippen LogP contribution in [0.3, 0.4) is 0 Å². The average Bonchev–Trinajstić information content (AvgIpc) is 2.93. The summed E-state index contributed by atoms with van der Waals surface area (Å²) in [6.07, 6.45) is 2.83. The van der Waals surface area contributed by atoms with Crippen LogP contribution >= 0.6 is 0 Å². The van der Waals surface area contributed by atoms with Gasteiger partial charge in [0.1, 0.15) is 5.75 Å². The third kappa shape index (κ3) is 2.83. The van der Waals surface area contributed by atoms with Crippen molar-refractivity contribution in [3.63, 3.8) is 0 Å². The first-order valence-corrected chi connectivity index (χ1v) is 7.29. The zero-order chi connectivity index (χ0) is 13.9. The van der Waals surface area contributed by atoms with Crippen LogP contribution in [-0.4, -0.2) is 50.4 Å². The molecule has 2 atom stereocenters. The molecule has 110 valence electrons. The van der Waals surface area contributed by atoms with Crippen LogP contribution in [0.25, 0.3) is 0 Å². The van der Waals surface area contributed by atoms with Crippen molar-refractivity contribution >= 4 is 11.4 Å². The number of nitrogens with two attached hydrogens (primary N) is 1. The molecule has 2 aliphatic rings. The van der Waals surface area contributed by atoms with Crippen LogP contribution in [-0.2, 0) is 4.74 Å². The van der Waals surface area contributed by atoms with Crippen LogP contribution in [0.15, 0.2) is 18.2 Å². The fourth-order valence-electron chi connectivity index (χ4n) is 3.06. The molecule has 1 aromatic rings. The fraction of sp³-hybridized carbons (Fsp3) is 0.600. The quantitative estimate of drug-likeness (QED) is 0.818. The molecule has 0 amide bonds. The van der Waals surface area contributed by atoms with Gasteiger partial charge in [0.15, 0.2) is 0 Å². The maximum absolute atomic E-state index is 6.00. The molecule has 0 aromatic heterocycles. The minimum absolute atomic E-state index is 0.242. The van der Waals surface area contributed by atoms with E-state index in [1.165, 1.54) is 19.4 Å².